The normalized spacial score (nSPS) is 11.1. The van der Waals surface area contributed by atoms with Gasteiger partial charge in [0.05, 0.1) is 16.6 Å². The summed E-state index contributed by atoms with van der Waals surface area (Å²) in [6.45, 7) is 0. The SMILES string of the molecule is N#C/C(=C\c1ccc2nccnc2c1)C(N)=S. The topological polar surface area (TPSA) is 75.6 Å². The molecule has 0 aliphatic carbocycles. The summed E-state index contributed by atoms with van der Waals surface area (Å²) in [5.41, 5.74) is 8.09. The van der Waals surface area contributed by atoms with Crippen LogP contribution in [0.5, 0.6) is 0 Å². The van der Waals surface area contributed by atoms with E-state index in [0.29, 0.717) is 0 Å². The average molecular weight is 240 g/mol. The molecule has 17 heavy (non-hydrogen) atoms. The van der Waals surface area contributed by atoms with Gasteiger partial charge in [-0.15, -0.1) is 0 Å². The molecule has 0 radical (unpaired) electrons. The van der Waals surface area contributed by atoms with Gasteiger partial charge in [-0.2, -0.15) is 5.26 Å². The number of nitrogens with zero attached hydrogens (tertiary/aromatic N) is 3. The van der Waals surface area contributed by atoms with Gasteiger partial charge >= 0.3 is 0 Å². The molecule has 0 spiro atoms. The molecule has 0 atom stereocenters. The van der Waals surface area contributed by atoms with Gasteiger partial charge in [0.2, 0.25) is 0 Å². The highest BCUT2D eigenvalue weighted by atomic mass is 32.1. The van der Waals surface area contributed by atoms with Crippen molar-refractivity contribution in [1.82, 2.24) is 9.97 Å². The Morgan fingerprint density at radius 3 is 2.65 bits per heavy atom. The molecular weight excluding hydrogens is 232 g/mol. The summed E-state index contributed by atoms with van der Waals surface area (Å²) in [4.78, 5) is 8.43. The van der Waals surface area contributed by atoms with Gasteiger partial charge in [0.25, 0.3) is 0 Å². The second kappa shape index (κ2) is 4.68. The van der Waals surface area contributed by atoms with Crippen LogP contribution < -0.4 is 5.73 Å². The van der Waals surface area contributed by atoms with Gasteiger partial charge in [0.1, 0.15) is 11.1 Å². The van der Waals surface area contributed by atoms with Crippen LogP contribution in [0.15, 0.2) is 36.2 Å². The number of hydrogen-bond acceptors (Lipinski definition) is 4. The molecule has 1 aromatic heterocycles. The predicted molar refractivity (Wildman–Crippen MR) is 69.9 cm³/mol. The zero-order valence-corrected chi connectivity index (χ0v) is 9.61. The van der Waals surface area contributed by atoms with Crippen LogP contribution in [0.2, 0.25) is 0 Å². The fraction of sp³-hybridized carbons (Fsp3) is 0. The lowest BCUT2D eigenvalue weighted by Gasteiger charge is -1.99. The Hall–Kier alpha value is -2.32. The number of rotatable bonds is 2. The van der Waals surface area contributed by atoms with E-state index in [-0.39, 0.29) is 10.6 Å². The molecule has 0 bridgehead atoms. The fourth-order valence-electron chi connectivity index (χ4n) is 1.40. The maximum absolute atomic E-state index is 8.86. The lowest BCUT2D eigenvalue weighted by molar-refractivity contribution is 1.29. The largest absolute Gasteiger partial charge is 0.389 e. The summed E-state index contributed by atoms with van der Waals surface area (Å²) in [5, 5.41) is 8.86. The smallest absolute Gasteiger partial charge is 0.114 e. The summed E-state index contributed by atoms with van der Waals surface area (Å²) in [7, 11) is 0. The first-order valence-corrected chi connectivity index (χ1v) is 5.24. The zero-order chi connectivity index (χ0) is 12.3. The number of nitriles is 1. The fourth-order valence-corrected chi connectivity index (χ4v) is 1.50. The van der Waals surface area contributed by atoms with Crippen molar-refractivity contribution < 1.29 is 0 Å². The number of benzene rings is 1. The van der Waals surface area contributed by atoms with Crippen LogP contribution in [0.3, 0.4) is 0 Å². The van der Waals surface area contributed by atoms with Crippen molar-refractivity contribution in [2.45, 2.75) is 0 Å². The Morgan fingerprint density at radius 2 is 2.00 bits per heavy atom. The molecule has 2 aromatic rings. The Bertz CT molecular complexity index is 655. The Balaban J connectivity index is 2.51. The van der Waals surface area contributed by atoms with E-state index >= 15 is 0 Å². The van der Waals surface area contributed by atoms with Gasteiger partial charge in [-0.1, -0.05) is 18.3 Å². The molecular formula is C12H8N4S. The minimum Gasteiger partial charge on any atom is -0.389 e. The molecule has 0 aliphatic rings. The summed E-state index contributed by atoms with van der Waals surface area (Å²) < 4.78 is 0. The van der Waals surface area contributed by atoms with E-state index in [0.717, 1.165) is 16.6 Å². The molecule has 2 N–H and O–H groups in total. The summed E-state index contributed by atoms with van der Waals surface area (Å²) in [5.74, 6) is 0. The Labute approximate surface area is 103 Å². The first-order chi connectivity index (χ1) is 8.20. The predicted octanol–water partition coefficient (Wildman–Crippen LogP) is 1.82. The molecule has 4 nitrogen and oxygen atoms in total. The highest BCUT2D eigenvalue weighted by molar-refractivity contribution is 7.80. The van der Waals surface area contributed by atoms with Crippen molar-refractivity contribution in [2.24, 2.45) is 5.73 Å². The van der Waals surface area contributed by atoms with Crippen LogP contribution in [0.4, 0.5) is 0 Å². The quantitative estimate of drug-likeness (QED) is 0.492. The maximum Gasteiger partial charge on any atom is 0.114 e. The highest BCUT2D eigenvalue weighted by Crippen LogP contribution is 2.13. The van der Waals surface area contributed by atoms with E-state index in [2.05, 4.69) is 9.97 Å². The van der Waals surface area contributed by atoms with Gasteiger partial charge < -0.3 is 5.73 Å². The van der Waals surface area contributed by atoms with Crippen LogP contribution in [0.25, 0.3) is 17.1 Å². The van der Waals surface area contributed by atoms with Crippen LogP contribution in [0.1, 0.15) is 5.56 Å². The zero-order valence-electron chi connectivity index (χ0n) is 8.79. The van der Waals surface area contributed by atoms with Crippen LogP contribution in [-0.2, 0) is 0 Å². The van der Waals surface area contributed by atoms with E-state index in [1.54, 1.807) is 18.5 Å². The minimum atomic E-state index is 0.0896. The first kappa shape index (κ1) is 11.2. The Morgan fingerprint density at radius 1 is 1.29 bits per heavy atom. The minimum absolute atomic E-state index is 0.0896. The van der Waals surface area contributed by atoms with Crippen LogP contribution in [-0.4, -0.2) is 15.0 Å². The van der Waals surface area contributed by atoms with Crippen molar-refractivity contribution in [2.75, 3.05) is 0 Å². The van der Waals surface area contributed by atoms with E-state index in [1.165, 1.54) is 0 Å². The maximum atomic E-state index is 8.86. The van der Waals surface area contributed by atoms with E-state index in [1.807, 2.05) is 24.3 Å². The number of aromatic nitrogens is 2. The molecule has 1 aromatic carbocycles. The van der Waals surface area contributed by atoms with Gasteiger partial charge in [-0.3, -0.25) is 9.97 Å². The lowest BCUT2D eigenvalue weighted by Crippen LogP contribution is -2.09. The van der Waals surface area contributed by atoms with Crippen LogP contribution >= 0.6 is 12.2 Å². The molecule has 5 heteroatoms. The van der Waals surface area contributed by atoms with Gasteiger partial charge in [-0.25, -0.2) is 0 Å². The number of fused-ring (bicyclic) bond motifs is 1. The molecule has 82 valence electrons. The molecule has 0 unspecified atom stereocenters. The molecule has 0 amide bonds. The molecule has 2 rings (SSSR count). The number of hydrogen-bond donors (Lipinski definition) is 1. The van der Waals surface area contributed by atoms with E-state index in [4.69, 9.17) is 23.2 Å². The van der Waals surface area contributed by atoms with Gasteiger partial charge in [0.15, 0.2) is 0 Å². The standard InChI is InChI=1S/C12H8N4S/c13-7-9(12(14)17)5-8-1-2-10-11(6-8)16-4-3-15-10/h1-6H,(H2,14,17)/b9-5+. The third-order valence-electron chi connectivity index (χ3n) is 2.19. The number of thiocarbonyl (C=S) groups is 1. The monoisotopic (exact) mass is 240 g/mol. The van der Waals surface area contributed by atoms with Crippen molar-refractivity contribution in [3.63, 3.8) is 0 Å². The second-order valence-electron chi connectivity index (χ2n) is 3.34. The van der Waals surface area contributed by atoms with Crippen molar-refractivity contribution in [3.8, 4) is 6.07 Å². The summed E-state index contributed by atoms with van der Waals surface area (Å²) in [6, 6.07) is 7.46. The molecule has 0 saturated carbocycles. The molecule has 0 aliphatic heterocycles. The third-order valence-corrected chi connectivity index (χ3v) is 2.41. The van der Waals surface area contributed by atoms with Crippen molar-refractivity contribution in [3.05, 3.63) is 41.7 Å². The summed E-state index contributed by atoms with van der Waals surface area (Å²) in [6.07, 6.45) is 4.89. The Kier molecular flexibility index (Phi) is 3.08. The first-order valence-electron chi connectivity index (χ1n) is 4.83. The van der Waals surface area contributed by atoms with Crippen molar-refractivity contribution >= 4 is 34.3 Å². The molecule has 0 fully saturated rings. The number of nitrogens with two attached hydrogens (primary N) is 1. The highest BCUT2D eigenvalue weighted by Gasteiger charge is 2.01. The van der Waals surface area contributed by atoms with Gasteiger partial charge in [-0.05, 0) is 23.8 Å². The van der Waals surface area contributed by atoms with E-state index in [9.17, 15) is 0 Å². The van der Waals surface area contributed by atoms with Gasteiger partial charge in [0, 0.05) is 12.4 Å². The summed E-state index contributed by atoms with van der Waals surface area (Å²) >= 11 is 4.77. The molecule has 1 heterocycles. The molecule has 0 saturated heterocycles. The second-order valence-corrected chi connectivity index (χ2v) is 3.78. The average Bonchev–Trinajstić information content (AvgIpc) is 2.35. The van der Waals surface area contributed by atoms with Crippen LogP contribution in [0, 0.1) is 11.3 Å². The lowest BCUT2D eigenvalue weighted by atomic mass is 10.1. The third kappa shape index (κ3) is 2.44. The van der Waals surface area contributed by atoms with E-state index < -0.39 is 0 Å². The van der Waals surface area contributed by atoms with Crippen molar-refractivity contribution in [1.29, 1.82) is 5.26 Å².